The Hall–Kier alpha value is -1.52. The zero-order chi connectivity index (χ0) is 15.3. The van der Waals surface area contributed by atoms with Gasteiger partial charge in [0, 0.05) is 17.3 Å². The molecule has 0 fully saturated rings. The Morgan fingerprint density at radius 1 is 1.10 bits per heavy atom. The fourth-order valence-electron chi connectivity index (χ4n) is 2.02. The standard InChI is InChI=1S/C16H18ClNO2S/c1-2-10-21(19,20)16-8-6-15(7-9-16)18-12-13-4-3-5-14(17)11-13/h3-9,11,18H,2,10,12H2,1H3. The highest BCUT2D eigenvalue weighted by atomic mass is 35.5. The van der Waals surface area contributed by atoms with Crippen molar-refractivity contribution in [1.82, 2.24) is 0 Å². The van der Waals surface area contributed by atoms with Crippen LogP contribution in [0.4, 0.5) is 5.69 Å². The monoisotopic (exact) mass is 323 g/mol. The topological polar surface area (TPSA) is 46.2 Å². The van der Waals surface area contributed by atoms with Crippen LogP contribution >= 0.6 is 11.6 Å². The van der Waals surface area contributed by atoms with E-state index in [0.29, 0.717) is 22.9 Å². The molecular formula is C16H18ClNO2S. The van der Waals surface area contributed by atoms with E-state index >= 15 is 0 Å². The third kappa shape index (κ3) is 4.48. The van der Waals surface area contributed by atoms with Gasteiger partial charge in [-0.05, 0) is 48.4 Å². The second kappa shape index (κ2) is 6.96. The van der Waals surface area contributed by atoms with Gasteiger partial charge in [0.25, 0.3) is 0 Å². The molecule has 0 heterocycles. The average Bonchev–Trinajstić information content (AvgIpc) is 2.46. The van der Waals surface area contributed by atoms with Gasteiger partial charge < -0.3 is 5.32 Å². The van der Waals surface area contributed by atoms with Crippen LogP contribution < -0.4 is 5.32 Å². The quantitative estimate of drug-likeness (QED) is 0.869. The Bertz CT molecular complexity index is 696. The summed E-state index contributed by atoms with van der Waals surface area (Å²) >= 11 is 5.93. The van der Waals surface area contributed by atoms with Gasteiger partial charge in [0.1, 0.15) is 0 Å². The largest absolute Gasteiger partial charge is 0.381 e. The summed E-state index contributed by atoms with van der Waals surface area (Å²) in [5.41, 5.74) is 1.95. The molecule has 0 aliphatic rings. The molecular weight excluding hydrogens is 306 g/mol. The van der Waals surface area contributed by atoms with Gasteiger partial charge in [0.05, 0.1) is 10.6 Å². The van der Waals surface area contributed by atoms with Crippen LogP contribution in [-0.4, -0.2) is 14.2 Å². The van der Waals surface area contributed by atoms with Crippen molar-refractivity contribution < 1.29 is 8.42 Å². The number of benzene rings is 2. The maximum atomic E-state index is 11.9. The summed E-state index contributed by atoms with van der Waals surface area (Å²) in [6.45, 7) is 2.50. The lowest BCUT2D eigenvalue weighted by atomic mass is 10.2. The van der Waals surface area contributed by atoms with Gasteiger partial charge in [-0.25, -0.2) is 8.42 Å². The van der Waals surface area contributed by atoms with Crippen LogP contribution in [0.3, 0.4) is 0 Å². The molecule has 1 N–H and O–H groups in total. The molecule has 0 radical (unpaired) electrons. The van der Waals surface area contributed by atoms with Crippen molar-refractivity contribution in [3.8, 4) is 0 Å². The summed E-state index contributed by atoms with van der Waals surface area (Å²) in [7, 11) is -3.15. The average molecular weight is 324 g/mol. The minimum atomic E-state index is -3.15. The van der Waals surface area contributed by atoms with Crippen LogP contribution in [0.25, 0.3) is 0 Å². The maximum Gasteiger partial charge on any atom is 0.178 e. The molecule has 112 valence electrons. The summed E-state index contributed by atoms with van der Waals surface area (Å²) in [4.78, 5) is 0.373. The van der Waals surface area contributed by atoms with Crippen molar-refractivity contribution >= 4 is 27.1 Å². The van der Waals surface area contributed by atoms with E-state index in [2.05, 4.69) is 5.32 Å². The van der Waals surface area contributed by atoms with Crippen LogP contribution in [0.2, 0.25) is 5.02 Å². The minimum Gasteiger partial charge on any atom is -0.381 e. The molecule has 2 rings (SSSR count). The van der Waals surface area contributed by atoms with E-state index in [4.69, 9.17) is 11.6 Å². The Kier molecular flexibility index (Phi) is 5.26. The molecule has 0 atom stereocenters. The third-order valence-corrected chi connectivity index (χ3v) is 5.24. The number of hydrogen-bond acceptors (Lipinski definition) is 3. The van der Waals surface area contributed by atoms with Gasteiger partial charge >= 0.3 is 0 Å². The summed E-state index contributed by atoms with van der Waals surface area (Å²) in [6, 6.07) is 14.5. The van der Waals surface area contributed by atoms with Crippen molar-refractivity contribution in [3.05, 3.63) is 59.1 Å². The number of sulfone groups is 1. The molecule has 0 bridgehead atoms. The fourth-order valence-corrected chi connectivity index (χ4v) is 3.55. The molecule has 0 aliphatic heterocycles. The third-order valence-electron chi connectivity index (χ3n) is 3.07. The van der Waals surface area contributed by atoms with Crippen molar-refractivity contribution in [2.45, 2.75) is 24.8 Å². The van der Waals surface area contributed by atoms with Gasteiger partial charge in [-0.3, -0.25) is 0 Å². The van der Waals surface area contributed by atoms with E-state index in [1.165, 1.54) is 0 Å². The molecule has 5 heteroatoms. The molecule has 2 aromatic carbocycles. The van der Waals surface area contributed by atoms with Crippen LogP contribution in [0.5, 0.6) is 0 Å². The molecule has 0 saturated heterocycles. The first-order valence-corrected chi connectivity index (χ1v) is 8.85. The molecule has 0 amide bonds. The maximum absolute atomic E-state index is 11.9. The van der Waals surface area contributed by atoms with E-state index in [0.717, 1.165) is 11.3 Å². The number of hydrogen-bond donors (Lipinski definition) is 1. The van der Waals surface area contributed by atoms with E-state index < -0.39 is 9.84 Å². The SMILES string of the molecule is CCCS(=O)(=O)c1ccc(NCc2cccc(Cl)c2)cc1. The zero-order valence-corrected chi connectivity index (χ0v) is 13.4. The van der Waals surface area contributed by atoms with Crippen LogP contribution in [0.15, 0.2) is 53.4 Å². The van der Waals surface area contributed by atoms with Gasteiger partial charge in [0.15, 0.2) is 9.84 Å². The number of halogens is 1. The second-order valence-corrected chi connectivity index (χ2v) is 7.37. The molecule has 3 nitrogen and oxygen atoms in total. The van der Waals surface area contributed by atoms with Gasteiger partial charge in [-0.15, -0.1) is 0 Å². The molecule has 2 aromatic rings. The van der Waals surface area contributed by atoms with E-state index in [-0.39, 0.29) is 5.75 Å². The Balaban J connectivity index is 2.03. The minimum absolute atomic E-state index is 0.183. The van der Waals surface area contributed by atoms with Gasteiger partial charge in [-0.1, -0.05) is 30.7 Å². The van der Waals surface area contributed by atoms with Gasteiger partial charge in [0.2, 0.25) is 0 Å². The predicted molar refractivity (Wildman–Crippen MR) is 87.6 cm³/mol. The normalized spacial score (nSPS) is 11.3. The van der Waals surface area contributed by atoms with Crippen molar-refractivity contribution in [3.63, 3.8) is 0 Å². The summed E-state index contributed by atoms with van der Waals surface area (Å²) in [5.74, 6) is 0.183. The molecule has 0 unspecified atom stereocenters. The van der Waals surface area contributed by atoms with E-state index in [1.54, 1.807) is 24.3 Å². The molecule has 0 aromatic heterocycles. The molecule has 21 heavy (non-hydrogen) atoms. The first-order chi connectivity index (χ1) is 10.0. The highest BCUT2D eigenvalue weighted by Crippen LogP contribution is 2.17. The van der Waals surface area contributed by atoms with E-state index in [1.807, 2.05) is 31.2 Å². The number of nitrogens with one attached hydrogen (secondary N) is 1. The molecule has 0 aliphatic carbocycles. The number of anilines is 1. The molecule has 0 spiro atoms. The summed E-state index contributed by atoms with van der Waals surface area (Å²) in [6.07, 6.45) is 0.622. The highest BCUT2D eigenvalue weighted by molar-refractivity contribution is 7.91. The first kappa shape index (κ1) is 15.9. The lowest BCUT2D eigenvalue weighted by molar-refractivity contribution is 0.595. The predicted octanol–water partition coefficient (Wildman–Crippen LogP) is 4.14. The van der Waals surface area contributed by atoms with E-state index in [9.17, 15) is 8.42 Å². The Labute approximate surface area is 130 Å². The summed E-state index contributed by atoms with van der Waals surface area (Å²) < 4.78 is 23.9. The lowest BCUT2D eigenvalue weighted by Gasteiger charge is -2.08. The molecule has 0 saturated carbocycles. The zero-order valence-electron chi connectivity index (χ0n) is 11.8. The van der Waals surface area contributed by atoms with Crippen molar-refractivity contribution in [2.75, 3.05) is 11.1 Å². The fraction of sp³-hybridized carbons (Fsp3) is 0.250. The second-order valence-electron chi connectivity index (χ2n) is 4.83. The summed E-state index contributed by atoms with van der Waals surface area (Å²) in [5, 5.41) is 3.95. The number of rotatable bonds is 6. The van der Waals surface area contributed by atoms with Crippen LogP contribution in [0, 0.1) is 0 Å². The van der Waals surface area contributed by atoms with Crippen LogP contribution in [0.1, 0.15) is 18.9 Å². The van der Waals surface area contributed by atoms with Crippen molar-refractivity contribution in [2.24, 2.45) is 0 Å². The Morgan fingerprint density at radius 2 is 1.81 bits per heavy atom. The lowest BCUT2D eigenvalue weighted by Crippen LogP contribution is -2.06. The van der Waals surface area contributed by atoms with Crippen molar-refractivity contribution in [1.29, 1.82) is 0 Å². The van der Waals surface area contributed by atoms with Gasteiger partial charge in [-0.2, -0.15) is 0 Å². The first-order valence-electron chi connectivity index (χ1n) is 6.82. The highest BCUT2D eigenvalue weighted by Gasteiger charge is 2.12. The van der Waals surface area contributed by atoms with Crippen LogP contribution in [-0.2, 0) is 16.4 Å². The smallest absolute Gasteiger partial charge is 0.178 e. The Morgan fingerprint density at radius 3 is 2.43 bits per heavy atom.